The van der Waals surface area contributed by atoms with Gasteiger partial charge in [-0.2, -0.15) is 0 Å². The van der Waals surface area contributed by atoms with E-state index in [1.165, 1.54) is 6.07 Å². The van der Waals surface area contributed by atoms with Crippen LogP contribution in [0.4, 0.5) is 0 Å². The summed E-state index contributed by atoms with van der Waals surface area (Å²) in [6.45, 7) is 5.38. The summed E-state index contributed by atoms with van der Waals surface area (Å²) < 4.78 is 19.5. The SMILES string of the molecule is CC1(C)Oc2cc3oc(=O)ccc3cc2C[C@@H]1OCCn1ccnc1. The molecule has 4 rings (SSSR count). The third-order valence-corrected chi connectivity index (χ3v) is 4.58. The van der Waals surface area contributed by atoms with Gasteiger partial charge in [-0.15, -0.1) is 0 Å². The second kappa shape index (κ2) is 6.04. The van der Waals surface area contributed by atoms with E-state index in [0.29, 0.717) is 12.2 Å². The number of nitrogens with zero attached hydrogens (tertiary/aromatic N) is 2. The Balaban J connectivity index is 1.55. The van der Waals surface area contributed by atoms with Gasteiger partial charge in [0.05, 0.1) is 12.9 Å². The lowest BCUT2D eigenvalue weighted by Crippen LogP contribution is -2.48. The highest BCUT2D eigenvalue weighted by Crippen LogP contribution is 2.37. The average molecular weight is 340 g/mol. The first-order valence-corrected chi connectivity index (χ1v) is 8.34. The Kier molecular flexibility index (Phi) is 3.84. The summed E-state index contributed by atoms with van der Waals surface area (Å²) in [5.41, 5.74) is 0.781. The van der Waals surface area contributed by atoms with Crippen LogP contribution in [0.3, 0.4) is 0 Å². The second-order valence-electron chi connectivity index (χ2n) is 6.82. The molecule has 0 radical (unpaired) electrons. The summed E-state index contributed by atoms with van der Waals surface area (Å²) in [6, 6.07) is 7.02. The van der Waals surface area contributed by atoms with Crippen LogP contribution in [-0.4, -0.2) is 27.9 Å². The molecule has 0 unspecified atom stereocenters. The fourth-order valence-corrected chi connectivity index (χ4v) is 3.17. The molecule has 0 aliphatic carbocycles. The summed E-state index contributed by atoms with van der Waals surface area (Å²) >= 11 is 0. The number of rotatable bonds is 4. The summed E-state index contributed by atoms with van der Waals surface area (Å²) in [4.78, 5) is 15.4. The number of hydrogen-bond donors (Lipinski definition) is 0. The molecule has 3 heterocycles. The molecule has 0 N–H and O–H groups in total. The summed E-state index contributed by atoms with van der Waals surface area (Å²) in [6.07, 6.45) is 6.15. The molecule has 3 aromatic rings. The zero-order valence-electron chi connectivity index (χ0n) is 14.3. The standard InChI is InChI=1S/C19H20N2O4/c1-19(2)17(23-8-7-21-6-5-20-12-21)10-14-9-13-3-4-18(22)24-15(13)11-16(14)25-19/h3-6,9,11-12,17H,7-8,10H2,1-2H3/t17-/m0/s1. The van der Waals surface area contributed by atoms with Crippen molar-refractivity contribution < 1.29 is 13.9 Å². The van der Waals surface area contributed by atoms with Crippen molar-refractivity contribution in [2.75, 3.05) is 6.61 Å². The van der Waals surface area contributed by atoms with Crippen molar-refractivity contribution >= 4 is 11.0 Å². The molecule has 6 nitrogen and oxygen atoms in total. The quantitative estimate of drug-likeness (QED) is 0.683. The van der Waals surface area contributed by atoms with E-state index < -0.39 is 5.60 Å². The van der Waals surface area contributed by atoms with Gasteiger partial charge in [0, 0.05) is 42.9 Å². The van der Waals surface area contributed by atoms with Crippen molar-refractivity contribution in [2.24, 2.45) is 0 Å². The van der Waals surface area contributed by atoms with Gasteiger partial charge in [-0.25, -0.2) is 9.78 Å². The van der Waals surface area contributed by atoms with E-state index in [2.05, 4.69) is 4.98 Å². The number of aromatic nitrogens is 2. The number of hydrogen-bond acceptors (Lipinski definition) is 5. The first-order chi connectivity index (χ1) is 12.0. The van der Waals surface area contributed by atoms with Crippen LogP contribution in [-0.2, 0) is 17.7 Å². The second-order valence-corrected chi connectivity index (χ2v) is 6.82. The molecular weight excluding hydrogens is 320 g/mol. The van der Waals surface area contributed by atoms with Crippen molar-refractivity contribution in [3.63, 3.8) is 0 Å². The fourth-order valence-electron chi connectivity index (χ4n) is 3.17. The van der Waals surface area contributed by atoms with Crippen LogP contribution < -0.4 is 10.4 Å². The predicted molar refractivity (Wildman–Crippen MR) is 92.9 cm³/mol. The molecule has 2 aromatic heterocycles. The highest BCUT2D eigenvalue weighted by molar-refractivity contribution is 5.79. The molecule has 130 valence electrons. The maximum Gasteiger partial charge on any atom is 0.336 e. The van der Waals surface area contributed by atoms with Crippen LogP contribution in [0.15, 0.2) is 52.2 Å². The predicted octanol–water partition coefficient (Wildman–Crippen LogP) is 2.79. The molecule has 0 amide bonds. The Morgan fingerprint density at radius 2 is 2.24 bits per heavy atom. The molecule has 1 aromatic carbocycles. The van der Waals surface area contributed by atoms with Gasteiger partial charge in [-0.05, 0) is 31.5 Å². The van der Waals surface area contributed by atoms with Crippen LogP contribution in [0, 0.1) is 0 Å². The molecule has 0 bridgehead atoms. The lowest BCUT2D eigenvalue weighted by Gasteiger charge is -2.39. The molecule has 0 fully saturated rings. The molecule has 1 atom stereocenters. The van der Waals surface area contributed by atoms with Gasteiger partial charge in [0.2, 0.25) is 0 Å². The Morgan fingerprint density at radius 1 is 1.36 bits per heavy atom. The molecule has 25 heavy (non-hydrogen) atoms. The Hall–Kier alpha value is -2.60. The van der Waals surface area contributed by atoms with Crippen LogP contribution in [0.2, 0.25) is 0 Å². The molecule has 0 spiro atoms. The van der Waals surface area contributed by atoms with Crippen molar-refractivity contribution in [1.82, 2.24) is 9.55 Å². The minimum Gasteiger partial charge on any atom is -0.485 e. The smallest absolute Gasteiger partial charge is 0.336 e. The van der Waals surface area contributed by atoms with Crippen LogP contribution in [0.5, 0.6) is 5.75 Å². The van der Waals surface area contributed by atoms with Gasteiger partial charge >= 0.3 is 5.63 Å². The number of ether oxygens (including phenoxy) is 2. The zero-order chi connectivity index (χ0) is 17.4. The minimum atomic E-state index is -0.468. The highest BCUT2D eigenvalue weighted by atomic mass is 16.6. The summed E-state index contributed by atoms with van der Waals surface area (Å²) in [5.74, 6) is 0.751. The van der Waals surface area contributed by atoms with Crippen molar-refractivity contribution in [3.05, 3.63) is 59.0 Å². The lowest BCUT2D eigenvalue weighted by atomic mass is 9.90. The Bertz CT molecular complexity index is 944. The van der Waals surface area contributed by atoms with Crippen molar-refractivity contribution in [1.29, 1.82) is 0 Å². The van der Waals surface area contributed by atoms with Gasteiger partial charge < -0.3 is 18.5 Å². The first-order valence-electron chi connectivity index (χ1n) is 8.34. The monoisotopic (exact) mass is 340 g/mol. The number of imidazole rings is 1. The molecule has 1 aliphatic heterocycles. The number of benzene rings is 1. The van der Waals surface area contributed by atoms with E-state index in [9.17, 15) is 4.79 Å². The van der Waals surface area contributed by atoms with Crippen molar-refractivity contribution in [3.8, 4) is 5.75 Å². The van der Waals surface area contributed by atoms with Crippen LogP contribution in [0.1, 0.15) is 19.4 Å². The van der Waals surface area contributed by atoms with Gasteiger partial charge in [-0.3, -0.25) is 0 Å². The van der Waals surface area contributed by atoms with Gasteiger partial charge in [0.25, 0.3) is 0 Å². The maximum atomic E-state index is 11.4. The van der Waals surface area contributed by atoms with Crippen LogP contribution in [0.25, 0.3) is 11.0 Å². The number of fused-ring (bicyclic) bond motifs is 2. The third-order valence-electron chi connectivity index (χ3n) is 4.58. The fraction of sp³-hybridized carbons (Fsp3) is 0.368. The largest absolute Gasteiger partial charge is 0.485 e. The van der Waals surface area contributed by atoms with Gasteiger partial charge in [0.15, 0.2) is 0 Å². The molecule has 0 saturated heterocycles. The summed E-state index contributed by atoms with van der Waals surface area (Å²) in [5, 5.41) is 0.888. The van der Waals surface area contributed by atoms with Crippen molar-refractivity contribution in [2.45, 2.75) is 38.5 Å². The highest BCUT2D eigenvalue weighted by Gasteiger charge is 2.38. The molecular formula is C19H20N2O4. The topological polar surface area (TPSA) is 66.5 Å². The first kappa shape index (κ1) is 15.9. The zero-order valence-corrected chi connectivity index (χ0v) is 14.3. The van der Waals surface area contributed by atoms with E-state index >= 15 is 0 Å². The molecule has 0 saturated carbocycles. The molecule has 1 aliphatic rings. The van der Waals surface area contributed by atoms with E-state index in [0.717, 1.165) is 29.7 Å². The van der Waals surface area contributed by atoms with E-state index in [4.69, 9.17) is 13.9 Å². The normalized spacial score (nSPS) is 18.7. The Labute approximate surface area is 145 Å². The summed E-state index contributed by atoms with van der Waals surface area (Å²) in [7, 11) is 0. The molecule has 6 heteroatoms. The van der Waals surface area contributed by atoms with E-state index in [-0.39, 0.29) is 11.7 Å². The van der Waals surface area contributed by atoms with Gasteiger partial charge in [-0.1, -0.05) is 0 Å². The van der Waals surface area contributed by atoms with Crippen LogP contribution >= 0.6 is 0 Å². The Morgan fingerprint density at radius 3 is 3.04 bits per heavy atom. The van der Waals surface area contributed by atoms with E-state index in [1.807, 2.05) is 30.7 Å². The minimum absolute atomic E-state index is 0.0586. The lowest BCUT2D eigenvalue weighted by molar-refractivity contribution is -0.0852. The van der Waals surface area contributed by atoms with Gasteiger partial charge in [0.1, 0.15) is 23.0 Å². The average Bonchev–Trinajstić information content (AvgIpc) is 3.06. The maximum absolute atomic E-state index is 11.4. The third kappa shape index (κ3) is 3.17. The van der Waals surface area contributed by atoms with E-state index in [1.54, 1.807) is 24.7 Å².